The molecular formula is C14H21NO2. The van der Waals surface area contributed by atoms with E-state index >= 15 is 0 Å². The smallest absolute Gasteiger partial charge is 0.127 e. The van der Waals surface area contributed by atoms with Crippen molar-refractivity contribution in [2.75, 3.05) is 13.7 Å². The van der Waals surface area contributed by atoms with Crippen molar-refractivity contribution < 1.29 is 9.47 Å². The molecular weight excluding hydrogens is 214 g/mol. The molecule has 3 heteroatoms. The first-order valence-electron chi connectivity index (χ1n) is 6.27. The van der Waals surface area contributed by atoms with Gasteiger partial charge in [-0.15, -0.1) is 0 Å². The Morgan fingerprint density at radius 1 is 1.41 bits per heavy atom. The molecule has 1 aromatic carbocycles. The van der Waals surface area contributed by atoms with E-state index in [0.29, 0.717) is 0 Å². The minimum Gasteiger partial charge on any atom is -0.497 e. The van der Waals surface area contributed by atoms with E-state index < -0.39 is 0 Å². The standard InChI is InChI=1S/C14H21NO2/c1-10(15)13-7-6-12(16-2)8-14(13)17-9-11-4-3-5-11/h6-8,10-11H,3-5,9,15H2,1-2H3. The summed E-state index contributed by atoms with van der Waals surface area (Å²) in [4.78, 5) is 0. The molecule has 1 fully saturated rings. The van der Waals surface area contributed by atoms with Gasteiger partial charge >= 0.3 is 0 Å². The zero-order chi connectivity index (χ0) is 12.3. The summed E-state index contributed by atoms with van der Waals surface area (Å²) in [5.74, 6) is 2.41. The van der Waals surface area contributed by atoms with E-state index in [0.717, 1.165) is 29.6 Å². The van der Waals surface area contributed by atoms with E-state index in [2.05, 4.69) is 0 Å². The summed E-state index contributed by atoms with van der Waals surface area (Å²) in [7, 11) is 1.66. The second-order valence-corrected chi connectivity index (χ2v) is 4.80. The van der Waals surface area contributed by atoms with Crippen LogP contribution in [-0.4, -0.2) is 13.7 Å². The van der Waals surface area contributed by atoms with E-state index in [-0.39, 0.29) is 6.04 Å². The molecule has 0 saturated heterocycles. The molecule has 1 atom stereocenters. The van der Waals surface area contributed by atoms with Crippen molar-refractivity contribution in [1.82, 2.24) is 0 Å². The van der Waals surface area contributed by atoms with Gasteiger partial charge in [0.1, 0.15) is 11.5 Å². The molecule has 2 rings (SSSR count). The largest absolute Gasteiger partial charge is 0.497 e. The molecule has 0 spiro atoms. The number of hydrogen-bond donors (Lipinski definition) is 1. The van der Waals surface area contributed by atoms with Gasteiger partial charge in [0, 0.05) is 17.7 Å². The fourth-order valence-corrected chi connectivity index (χ4v) is 2.01. The number of nitrogens with two attached hydrogens (primary N) is 1. The number of rotatable bonds is 5. The number of methoxy groups -OCH3 is 1. The van der Waals surface area contributed by atoms with Gasteiger partial charge in [0.2, 0.25) is 0 Å². The lowest BCUT2D eigenvalue weighted by atomic mass is 9.86. The van der Waals surface area contributed by atoms with Crippen LogP contribution in [0.2, 0.25) is 0 Å². The fourth-order valence-electron chi connectivity index (χ4n) is 2.01. The van der Waals surface area contributed by atoms with Crippen molar-refractivity contribution in [2.24, 2.45) is 11.7 Å². The van der Waals surface area contributed by atoms with Crippen LogP contribution in [0.25, 0.3) is 0 Å². The molecule has 0 heterocycles. The molecule has 17 heavy (non-hydrogen) atoms. The fraction of sp³-hybridized carbons (Fsp3) is 0.571. The molecule has 1 unspecified atom stereocenters. The molecule has 0 radical (unpaired) electrons. The minimum absolute atomic E-state index is 0.0164. The quantitative estimate of drug-likeness (QED) is 0.853. The third kappa shape index (κ3) is 2.91. The summed E-state index contributed by atoms with van der Waals surface area (Å²) < 4.78 is 11.1. The van der Waals surface area contributed by atoms with Gasteiger partial charge in [-0.1, -0.05) is 12.5 Å². The van der Waals surface area contributed by atoms with Crippen molar-refractivity contribution in [1.29, 1.82) is 0 Å². The zero-order valence-electron chi connectivity index (χ0n) is 10.6. The van der Waals surface area contributed by atoms with Crippen molar-refractivity contribution in [2.45, 2.75) is 32.2 Å². The van der Waals surface area contributed by atoms with E-state index in [9.17, 15) is 0 Å². The van der Waals surface area contributed by atoms with Crippen LogP contribution in [0.4, 0.5) is 0 Å². The first-order valence-corrected chi connectivity index (χ1v) is 6.27. The summed E-state index contributed by atoms with van der Waals surface area (Å²) in [6.07, 6.45) is 3.92. The molecule has 0 amide bonds. The molecule has 1 saturated carbocycles. The van der Waals surface area contributed by atoms with Gasteiger partial charge < -0.3 is 15.2 Å². The topological polar surface area (TPSA) is 44.5 Å². The van der Waals surface area contributed by atoms with Gasteiger partial charge in [-0.3, -0.25) is 0 Å². The Balaban J connectivity index is 2.09. The van der Waals surface area contributed by atoms with Crippen LogP contribution in [0.1, 0.15) is 37.8 Å². The average Bonchev–Trinajstić information content (AvgIpc) is 2.26. The van der Waals surface area contributed by atoms with Crippen LogP contribution in [-0.2, 0) is 0 Å². The predicted octanol–water partition coefficient (Wildman–Crippen LogP) is 2.89. The molecule has 0 aliphatic heterocycles. The maximum absolute atomic E-state index is 5.94. The molecule has 3 nitrogen and oxygen atoms in total. The van der Waals surface area contributed by atoms with Crippen molar-refractivity contribution >= 4 is 0 Å². The highest BCUT2D eigenvalue weighted by atomic mass is 16.5. The zero-order valence-corrected chi connectivity index (χ0v) is 10.6. The maximum atomic E-state index is 5.94. The molecule has 1 aliphatic rings. The van der Waals surface area contributed by atoms with Crippen LogP contribution in [0.3, 0.4) is 0 Å². The summed E-state index contributed by atoms with van der Waals surface area (Å²) in [6, 6.07) is 5.82. The van der Waals surface area contributed by atoms with E-state index in [1.54, 1.807) is 7.11 Å². The summed E-state index contributed by atoms with van der Waals surface area (Å²) in [5.41, 5.74) is 6.98. The Morgan fingerprint density at radius 2 is 2.18 bits per heavy atom. The lowest BCUT2D eigenvalue weighted by molar-refractivity contribution is 0.178. The van der Waals surface area contributed by atoms with Crippen molar-refractivity contribution in [3.8, 4) is 11.5 Å². The Kier molecular flexibility index (Phi) is 3.89. The molecule has 1 aliphatic carbocycles. The summed E-state index contributed by atoms with van der Waals surface area (Å²) in [6.45, 7) is 2.77. The molecule has 94 valence electrons. The van der Waals surface area contributed by atoms with Gasteiger partial charge in [-0.2, -0.15) is 0 Å². The van der Waals surface area contributed by atoms with Gasteiger partial charge in [0.25, 0.3) is 0 Å². The second-order valence-electron chi connectivity index (χ2n) is 4.80. The Hall–Kier alpha value is -1.22. The van der Waals surface area contributed by atoms with Crippen LogP contribution >= 0.6 is 0 Å². The Labute approximate surface area is 103 Å². The normalized spacial score (nSPS) is 17.4. The van der Waals surface area contributed by atoms with Gasteiger partial charge in [-0.05, 0) is 31.7 Å². The monoisotopic (exact) mass is 235 g/mol. The number of benzene rings is 1. The number of hydrogen-bond acceptors (Lipinski definition) is 3. The van der Waals surface area contributed by atoms with E-state index in [1.807, 2.05) is 25.1 Å². The maximum Gasteiger partial charge on any atom is 0.127 e. The second kappa shape index (κ2) is 5.41. The molecule has 2 N–H and O–H groups in total. The molecule has 0 aromatic heterocycles. The van der Waals surface area contributed by atoms with Crippen molar-refractivity contribution in [3.05, 3.63) is 23.8 Å². The minimum atomic E-state index is -0.0164. The Morgan fingerprint density at radius 3 is 2.71 bits per heavy atom. The lowest BCUT2D eigenvalue weighted by Crippen LogP contribution is -2.20. The third-order valence-electron chi connectivity index (χ3n) is 3.41. The first-order chi connectivity index (χ1) is 8.20. The van der Waals surface area contributed by atoms with Crippen LogP contribution in [0.15, 0.2) is 18.2 Å². The van der Waals surface area contributed by atoms with Gasteiger partial charge in [0.05, 0.1) is 13.7 Å². The predicted molar refractivity (Wildman–Crippen MR) is 68.4 cm³/mol. The summed E-state index contributed by atoms with van der Waals surface area (Å²) in [5, 5.41) is 0. The highest BCUT2D eigenvalue weighted by Gasteiger charge is 2.19. The average molecular weight is 235 g/mol. The molecule has 1 aromatic rings. The SMILES string of the molecule is COc1ccc(C(C)N)c(OCC2CCC2)c1. The van der Waals surface area contributed by atoms with Crippen LogP contribution < -0.4 is 15.2 Å². The highest BCUT2D eigenvalue weighted by molar-refractivity contribution is 5.42. The van der Waals surface area contributed by atoms with Crippen LogP contribution in [0.5, 0.6) is 11.5 Å². The summed E-state index contributed by atoms with van der Waals surface area (Å²) >= 11 is 0. The highest BCUT2D eigenvalue weighted by Crippen LogP contribution is 2.31. The number of ether oxygens (including phenoxy) is 2. The molecule has 0 bridgehead atoms. The van der Waals surface area contributed by atoms with Crippen molar-refractivity contribution in [3.63, 3.8) is 0 Å². The van der Waals surface area contributed by atoms with Gasteiger partial charge in [-0.25, -0.2) is 0 Å². The first kappa shape index (κ1) is 12.2. The Bertz CT molecular complexity index is 372. The van der Waals surface area contributed by atoms with E-state index in [1.165, 1.54) is 19.3 Å². The third-order valence-corrected chi connectivity index (χ3v) is 3.41. The lowest BCUT2D eigenvalue weighted by Gasteiger charge is -2.26. The van der Waals surface area contributed by atoms with E-state index in [4.69, 9.17) is 15.2 Å². The van der Waals surface area contributed by atoms with Crippen LogP contribution in [0, 0.1) is 5.92 Å². The van der Waals surface area contributed by atoms with Gasteiger partial charge in [0.15, 0.2) is 0 Å².